The summed E-state index contributed by atoms with van der Waals surface area (Å²) in [5, 5.41) is 1.74. The van der Waals surface area contributed by atoms with Crippen molar-refractivity contribution >= 4 is 31.2 Å². The fourth-order valence-corrected chi connectivity index (χ4v) is 5.08. The Bertz CT molecular complexity index is 646. The number of nitrogens with zero attached hydrogens (tertiary/aromatic N) is 1. The van der Waals surface area contributed by atoms with Crippen LogP contribution in [-0.4, -0.2) is 46.7 Å². The van der Waals surface area contributed by atoms with Crippen molar-refractivity contribution in [2.45, 2.75) is 18.4 Å². The normalized spacial score (nSPS) is 13.1. The number of nitrogens with two attached hydrogens (primary N) is 1. The molecule has 19 heavy (non-hydrogen) atoms. The van der Waals surface area contributed by atoms with Gasteiger partial charge in [-0.05, 0) is 17.9 Å². The average molecular weight is 326 g/mol. The van der Waals surface area contributed by atoms with Crippen LogP contribution in [0.15, 0.2) is 10.3 Å². The maximum atomic E-state index is 12.4. The molecule has 110 valence electrons. The van der Waals surface area contributed by atoms with Crippen molar-refractivity contribution < 1.29 is 16.8 Å². The predicted molar refractivity (Wildman–Crippen MR) is 76.5 cm³/mol. The molecule has 1 aromatic heterocycles. The Morgan fingerprint density at radius 1 is 1.32 bits per heavy atom. The summed E-state index contributed by atoms with van der Waals surface area (Å²) < 4.78 is 48.0. The van der Waals surface area contributed by atoms with E-state index in [-0.39, 0.29) is 23.7 Å². The molecule has 0 spiro atoms. The maximum Gasteiger partial charge on any atom is 0.244 e. The minimum Gasteiger partial charge on any atom is -0.326 e. The standard InChI is InChI=1S/C10H18N2O4S3/c1-8-7-17-9(6-11)10(8)19(15,16)12(2)4-5-18(3,13)14/h7H,4-6,11H2,1-3H3. The highest BCUT2D eigenvalue weighted by Gasteiger charge is 2.27. The van der Waals surface area contributed by atoms with E-state index in [2.05, 4.69) is 0 Å². The number of sulfonamides is 1. The third kappa shape index (κ3) is 3.99. The number of sulfone groups is 1. The van der Waals surface area contributed by atoms with E-state index in [1.807, 2.05) is 0 Å². The van der Waals surface area contributed by atoms with Gasteiger partial charge in [0.25, 0.3) is 0 Å². The van der Waals surface area contributed by atoms with E-state index in [0.29, 0.717) is 10.4 Å². The second-order valence-corrected chi connectivity index (χ2v) is 9.54. The second kappa shape index (κ2) is 5.88. The van der Waals surface area contributed by atoms with E-state index in [4.69, 9.17) is 5.73 Å². The van der Waals surface area contributed by atoms with Crippen LogP contribution < -0.4 is 5.73 Å². The molecule has 6 nitrogen and oxygen atoms in total. The molecule has 0 fully saturated rings. The molecule has 2 N–H and O–H groups in total. The summed E-state index contributed by atoms with van der Waals surface area (Å²) in [5.41, 5.74) is 6.17. The smallest absolute Gasteiger partial charge is 0.244 e. The van der Waals surface area contributed by atoms with E-state index in [9.17, 15) is 16.8 Å². The summed E-state index contributed by atoms with van der Waals surface area (Å²) in [7, 11) is -5.52. The molecule has 0 saturated heterocycles. The lowest BCUT2D eigenvalue weighted by atomic mass is 10.3. The van der Waals surface area contributed by atoms with Crippen molar-refractivity contribution in [3.8, 4) is 0 Å². The largest absolute Gasteiger partial charge is 0.326 e. The zero-order valence-corrected chi connectivity index (χ0v) is 13.5. The highest BCUT2D eigenvalue weighted by atomic mass is 32.2. The summed E-state index contributed by atoms with van der Waals surface area (Å²) >= 11 is 1.29. The van der Waals surface area contributed by atoms with Gasteiger partial charge in [0.2, 0.25) is 10.0 Å². The molecular weight excluding hydrogens is 308 g/mol. The van der Waals surface area contributed by atoms with Crippen LogP contribution in [0.3, 0.4) is 0 Å². The molecule has 1 rings (SSSR count). The Morgan fingerprint density at radius 3 is 2.37 bits per heavy atom. The van der Waals surface area contributed by atoms with Gasteiger partial charge in [-0.15, -0.1) is 11.3 Å². The van der Waals surface area contributed by atoms with Crippen molar-refractivity contribution in [3.05, 3.63) is 15.8 Å². The van der Waals surface area contributed by atoms with Crippen LogP contribution in [0.1, 0.15) is 10.4 Å². The molecule has 0 saturated carbocycles. The molecule has 0 radical (unpaired) electrons. The van der Waals surface area contributed by atoms with Gasteiger partial charge in [-0.1, -0.05) is 0 Å². The topological polar surface area (TPSA) is 97.5 Å². The van der Waals surface area contributed by atoms with Crippen molar-refractivity contribution in [1.29, 1.82) is 0 Å². The molecule has 0 amide bonds. The summed E-state index contributed by atoms with van der Waals surface area (Å²) in [6, 6.07) is 0. The first-order chi connectivity index (χ1) is 8.59. The predicted octanol–water partition coefficient (Wildman–Crippen LogP) is 0.180. The Kier molecular flexibility index (Phi) is 5.13. The fourth-order valence-electron chi connectivity index (χ4n) is 1.54. The lowest BCUT2D eigenvalue weighted by molar-refractivity contribution is 0.484. The third-order valence-electron chi connectivity index (χ3n) is 2.62. The lowest BCUT2D eigenvalue weighted by Crippen LogP contribution is -2.32. The number of aryl methyl sites for hydroxylation is 1. The monoisotopic (exact) mass is 326 g/mol. The molecule has 0 aromatic carbocycles. The Labute approximate surface area is 118 Å². The Balaban J connectivity index is 3.07. The highest BCUT2D eigenvalue weighted by molar-refractivity contribution is 7.91. The molecule has 0 bridgehead atoms. The molecule has 1 heterocycles. The van der Waals surface area contributed by atoms with Crippen LogP contribution in [0.4, 0.5) is 0 Å². The van der Waals surface area contributed by atoms with E-state index >= 15 is 0 Å². The average Bonchev–Trinajstić information content (AvgIpc) is 2.66. The molecule has 0 aliphatic rings. The molecule has 0 atom stereocenters. The van der Waals surface area contributed by atoms with Gasteiger partial charge in [0.15, 0.2) is 0 Å². The second-order valence-electron chi connectivity index (χ2n) is 4.33. The summed E-state index contributed by atoms with van der Waals surface area (Å²) in [4.78, 5) is 0.791. The molecule has 0 aliphatic carbocycles. The summed E-state index contributed by atoms with van der Waals surface area (Å²) in [6.07, 6.45) is 1.08. The third-order valence-corrected chi connectivity index (χ3v) is 6.89. The summed E-state index contributed by atoms with van der Waals surface area (Å²) in [6.45, 7) is 1.78. The van der Waals surface area contributed by atoms with Crippen LogP contribution in [0.25, 0.3) is 0 Å². The van der Waals surface area contributed by atoms with Gasteiger partial charge in [0.05, 0.1) is 5.75 Å². The number of rotatable bonds is 6. The first-order valence-corrected chi connectivity index (χ1v) is 9.88. The van der Waals surface area contributed by atoms with Gasteiger partial charge >= 0.3 is 0 Å². The van der Waals surface area contributed by atoms with Crippen molar-refractivity contribution in [2.24, 2.45) is 5.73 Å². The zero-order chi connectivity index (χ0) is 14.8. The van der Waals surface area contributed by atoms with Crippen LogP contribution in [0.5, 0.6) is 0 Å². The SMILES string of the molecule is Cc1csc(CN)c1S(=O)(=O)N(C)CCS(C)(=O)=O. The van der Waals surface area contributed by atoms with Gasteiger partial charge in [0.1, 0.15) is 14.7 Å². The maximum absolute atomic E-state index is 12.4. The fraction of sp³-hybridized carbons (Fsp3) is 0.600. The van der Waals surface area contributed by atoms with Crippen LogP contribution in [0, 0.1) is 6.92 Å². The van der Waals surface area contributed by atoms with E-state index < -0.39 is 19.9 Å². The minimum atomic E-state index is -3.69. The van der Waals surface area contributed by atoms with Crippen molar-refractivity contribution in [3.63, 3.8) is 0 Å². The van der Waals surface area contributed by atoms with Crippen LogP contribution >= 0.6 is 11.3 Å². The quantitative estimate of drug-likeness (QED) is 0.804. The van der Waals surface area contributed by atoms with Crippen molar-refractivity contribution in [1.82, 2.24) is 4.31 Å². The van der Waals surface area contributed by atoms with E-state index in [0.717, 1.165) is 10.6 Å². The van der Waals surface area contributed by atoms with Gasteiger partial charge in [0, 0.05) is 31.3 Å². The lowest BCUT2D eigenvalue weighted by Gasteiger charge is -2.17. The molecule has 1 aromatic rings. The number of hydrogen-bond acceptors (Lipinski definition) is 6. The van der Waals surface area contributed by atoms with Gasteiger partial charge in [-0.25, -0.2) is 16.8 Å². The van der Waals surface area contributed by atoms with E-state index in [1.165, 1.54) is 18.4 Å². The first kappa shape index (κ1) is 16.6. The Hall–Kier alpha value is -0.480. The number of hydrogen-bond donors (Lipinski definition) is 1. The van der Waals surface area contributed by atoms with Gasteiger partial charge < -0.3 is 5.73 Å². The van der Waals surface area contributed by atoms with Crippen molar-refractivity contribution in [2.75, 3.05) is 25.6 Å². The summed E-state index contributed by atoms with van der Waals surface area (Å²) in [5.74, 6) is -0.204. The zero-order valence-electron chi connectivity index (χ0n) is 11.1. The molecule has 0 aliphatic heterocycles. The minimum absolute atomic E-state index is 0.0690. The van der Waals surface area contributed by atoms with E-state index in [1.54, 1.807) is 12.3 Å². The molecule has 9 heteroatoms. The molecular formula is C10H18N2O4S3. The molecule has 0 unspecified atom stereocenters. The number of thiophene rings is 1. The highest BCUT2D eigenvalue weighted by Crippen LogP contribution is 2.28. The van der Waals surface area contributed by atoms with Gasteiger partial charge in [-0.3, -0.25) is 0 Å². The van der Waals surface area contributed by atoms with Crippen LogP contribution in [-0.2, 0) is 26.4 Å². The van der Waals surface area contributed by atoms with Gasteiger partial charge in [-0.2, -0.15) is 4.31 Å². The van der Waals surface area contributed by atoms with Crippen LogP contribution in [0.2, 0.25) is 0 Å². The first-order valence-electron chi connectivity index (χ1n) is 5.50. The Morgan fingerprint density at radius 2 is 1.89 bits per heavy atom.